The molecule has 0 spiro atoms. The standard InChI is InChI=1S/C31H28Cl2N4O5S/c32-25-11-15-29(16-12-25)43(40,41)37(18-17-23-5-2-1-3-6-23)21-30(38)36-34-20-24-9-13-28(14-10-24)42-22-31(39)35-27-8-4-7-26(33)19-27/h1-16,19-20H,17-18,21-22H2,(H,35,39)(H,36,38)/b34-20+. The Bertz CT molecular complexity index is 1670. The van der Waals surface area contributed by atoms with E-state index in [2.05, 4.69) is 15.8 Å². The summed E-state index contributed by atoms with van der Waals surface area (Å²) < 4.78 is 33.3. The maximum atomic E-state index is 13.4. The molecule has 4 aromatic carbocycles. The molecule has 0 fully saturated rings. The van der Waals surface area contributed by atoms with E-state index in [4.69, 9.17) is 27.9 Å². The summed E-state index contributed by atoms with van der Waals surface area (Å²) in [6.45, 7) is -0.542. The van der Waals surface area contributed by atoms with E-state index >= 15 is 0 Å². The van der Waals surface area contributed by atoms with Crippen LogP contribution in [0.4, 0.5) is 5.69 Å². The highest BCUT2D eigenvalue weighted by Gasteiger charge is 2.26. The van der Waals surface area contributed by atoms with E-state index in [0.717, 1.165) is 9.87 Å². The average Bonchev–Trinajstić information content (AvgIpc) is 2.99. The van der Waals surface area contributed by atoms with Crippen LogP contribution in [-0.4, -0.2) is 50.4 Å². The van der Waals surface area contributed by atoms with Crippen LogP contribution in [0.25, 0.3) is 0 Å². The van der Waals surface area contributed by atoms with Crippen LogP contribution in [0, 0.1) is 0 Å². The fourth-order valence-corrected chi connectivity index (χ4v) is 5.59. The first kappa shape index (κ1) is 31.7. The molecule has 222 valence electrons. The van der Waals surface area contributed by atoms with Gasteiger partial charge in [-0.3, -0.25) is 9.59 Å². The molecule has 2 N–H and O–H groups in total. The summed E-state index contributed by atoms with van der Waals surface area (Å²) in [5.74, 6) is -0.483. The van der Waals surface area contributed by atoms with Crippen LogP contribution in [0.3, 0.4) is 0 Å². The smallest absolute Gasteiger partial charge is 0.262 e. The summed E-state index contributed by atoms with van der Waals surface area (Å²) in [4.78, 5) is 24.9. The van der Waals surface area contributed by atoms with Crippen molar-refractivity contribution in [3.05, 3.63) is 124 Å². The minimum absolute atomic E-state index is 0.0329. The SMILES string of the molecule is O=C(CN(CCc1ccccc1)S(=O)(=O)c1ccc(Cl)cc1)N/N=C/c1ccc(OCC(=O)Nc2cccc(Cl)c2)cc1. The van der Waals surface area contributed by atoms with Crippen molar-refractivity contribution >= 4 is 56.9 Å². The number of rotatable bonds is 13. The van der Waals surface area contributed by atoms with E-state index in [1.165, 1.54) is 30.5 Å². The van der Waals surface area contributed by atoms with E-state index in [9.17, 15) is 18.0 Å². The zero-order valence-electron chi connectivity index (χ0n) is 22.8. The third-order valence-corrected chi connectivity index (χ3v) is 8.37. The number of amides is 2. The van der Waals surface area contributed by atoms with Crippen molar-refractivity contribution < 1.29 is 22.7 Å². The quantitative estimate of drug-likeness (QED) is 0.150. The Kier molecular flexibility index (Phi) is 11.3. The lowest BCUT2D eigenvalue weighted by Crippen LogP contribution is -2.40. The summed E-state index contributed by atoms with van der Waals surface area (Å²) in [5, 5.41) is 7.57. The van der Waals surface area contributed by atoms with Gasteiger partial charge in [0.05, 0.1) is 17.7 Å². The van der Waals surface area contributed by atoms with Gasteiger partial charge in [0, 0.05) is 22.3 Å². The number of carbonyl (C=O) groups excluding carboxylic acids is 2. The first-order valence-electron chi connectivity index (χ1n) is 13.1. The maximum Gasteiger partial charge on any atom is 0.262 e. The van der Waals surface area contributed by atoms with Crippen LogP contribution in [0.5, 0.6) is 5.75 Å². The van der Waals surface area contributed by atoms with Gasteiger partial charge in [-0.15, -0.1) is 0 Å². The van der Waals surface area contributed by atoms with Crippen LogP contribution in [-0.2, 0) is 26.0 Å². The maximum absolute atomic E-state index is 13.4. The zero-order valence-corrected chi connectivity index (χ0v) is 25.1. The molecule has 0 unspecified atom stereocenters. The Balaban J connectivity index is 1.31. The molecule has 9 nitrogen and oxygen atoms in total. The lowest BCUT2D eigenvalue weighted by molar-refractivity contribution is -0.121. The number of sulfonamides is 1. The van der Waals surface area contributed by atoms with Gasteiger partial charge in [0.1, 0.15) is 5.75 Å². The molecule has 0 aliphatic carbocycles. The third-order valence-electron chi connectivity index (χ3n) is 6.03. The number of halogens is 2. The number of benzene rings is 4. The Hall–Kier alpha value is -4.22. The third kappa shape index (κ3) is 9.93. The first-order valence-corrected chi connectivity index (χ1v) is 15.3. The number of nitrogens with zero attached hydrogens (tertiary/aromatic N) is 2. The van der Waals surface area contributed by atoms with Gasteiger partial charge >= 0.3 is 0 Å². The Labute approximate surface area is 260 Å². The summed E-state index contributed by atoms with van der Waals surface area (Å²) in [6, 6.07) is 28.7. The Morgan fingerprint density at radius 2 is 1.56 bits per heavy atom. The van der Waals surface area contributed by atoms with Gasteiger partial charge < -0.3 is 10.1 Å². The van der Waals surface area contributed by atoms with Gasteiger partial charge in [-0.2, -0.15) is 9.41 Å². The van der Waals surface area contributed by atoms with Gasteiger partial charge in [-0.05, 0) is 84.3 Å². The lowest BCUT2D eigenvalue weighted by Gasteiger charge is -2.21. The first-order chi connectivity index (χ1) is 20.7. The van der Waals surface area contributed by atoms with E-state index in [-0.39, 0.29) is 24.0 Å². The Morgan fingerprint density at radius 3 is 2.26 bits per heavy atom. The fraction of sp³-hybridized carbons (Fsp3) is 0.129. The van der Waals surface area contributed by atoms with E-state index in [1.807, 2.05) is 30.3 Å². The predicted octanol–water partition coefficient (Wildman–Crippen LogP) is 5.39. The van der Waals surface area contributed by atoms with Crippen LogP contribution >= 0.6 is 23.2 Å². The number of anilines is 1. The van der Waals surface area contributed by atoms with Crippen molar-refractivity contribution in [1.29, 1.82) is 0 Å². The number of ether oxygens (including phenoxy) is 1. The normalized spacial score (nSPS) is 11.4. The van der Waals surface area contributed by atoms with Gasteiger partial charge in [0.15, 0.2) is 6.61 Å². The number of carbonyl (C=O) groups is 2. The highest BCUT2D eigenvalue weighted by atomic mass is 35.5. The number of hydrazone groups is 1. The second kappa shape index (κ2) is 15.3. The van der Waals surface area contributed by atoms with Crippen LogP contribution in [0.2, 0.25) is 10.0 Å². The highest BCUT2D eigenvalue weighted by molar-refractivity contribution is 7.89. The van der Waals surface area contributed by atoms with Crippen LogP contribution < -0.4 is 15.5 Å². The lowest BCUT2D eigenvalue weighted by atomic mass is 10.1. The number of nitrogens with one attached hydrogen (secondary N) is 2. The van der Waals surface area contributed by atoms with Crippen molar-refractivity contribution in [3.63, 3.8) is 0 Å². The molecule has 0 saturated heterocycles. The van der Waals surface area contributed by atoms with Crippen molar-refractivity contribution in [2.45, 2.75) is 11.3 Å². The molecular weight excluding hydrogens is 611 g/mol. The van der Waals surface area contributed by atoms with E-state index in [1.54, 1.807) is 48.5 Å². The molecule has 0 atom stereocenters. The molecule has 0 aromatic heterocycles. The monoisotopic (exact) mass is 638 g/mol. The number of hydrogen-bond acceptors (Lipinski definition) is 6. The van der Waals surface area contributed by atoms with Crippen molar-refractivity contribution in [2.75, 3.05) is 25.0 Å². The molecule has 4 aromatic rings. The van der Waals surface area contributed by atoms with Gasteiger partial charge in [-0.25, -0.2) is 13.8 Å². The molecule has 43 heavy (non-hydrogen) atoms. The number of hydrogen-bond donors (Lipinski definition) is 2. The second-order valence-corrected chi connectivity index (χ2v) is 12.0. The van der Waals surface area contributed by atoms with E-state index in [0.29, 0.717) is 33.5 Å². The molecule has 0 radical (unpaired) electrons. The van der Waals surface area contributed by atoms with Gasteiger partial charge in [-0.1, -0.05) is 59.6 Å². The molecule has 12 heteroatoms. The van der Waals surface area contributed by atoms with E-state index < -0.39 is 22.5 Å². The highest BCUT2D eigenvalue weighted by Crippen LogP contribution is 2.19. The second-order valence-electron chi connectivity index (χ2n) is 9.24. The molecule has 4 rings (SSSR count). The molecule has 2 amide bonds. The molecule has 0 heterocycles. The minimum Gasteiger partial charge on any atom is -0.484 e. The van der Waals surface area contributed by atoms with Crippen molar-refractivity contribution in [3.8, 4) is 5.75 Å². The van der Waals surface area contributed by atoms with Crippen molar-refractivity contribution in [2.24, 2.45) is 5.10 Å². The topological polar surface area (TPSA) is 117 Å². The van der Waals surface area contributed by atoms with Gasteiger partial charge in [0.2, 0.25) is 10.0 Å². The summed E-state index contributed by atoms with van der Waals surface area (Å²) in [6.07, 6.45) is 1.83. The molecule has 0 saturated carbocycles. The Morgan fingerprint density at radius 1 is 0.837 bits per heavy atom. The largest absolute Gasteiger partial charge is 0.484 e. The minimum atomic E-state index is -3.98. The summed E-state index contributed by atoms with van der Waals surface area (Å²) in [5.41, 5.74) is 4.53. The fourth-order valence-electron chi connectivity index (χ4n) is 3.87. The molecule has 0 aliphatic heterocycles. The average molecular weight is 640 g/mol. The molecule has 0 aliphatic rings. The summed E-state index contributed by atoms with van der Waals surface area (Å²) >= 11 is 11.9. The molecule has 0 bridgehead atoms. The predicted molar refractivity (Wildman–Crippen MR) is 168 cm³/mol. The van der Waals surface area contributed by atoms with Crippen LogP contribution in [0.1, 0.15) is 11.1 Å². The van der Waals surface area contributed by atoms with Crippen molar-refractivity contribution in [1.82, 2.24) is 9.73 Å². The molecular formula is C31H28Cl2N4O5S. The summed E-state index contributed by atoms with van der Waals surface area (Å²) in [7, 11) is -3.98. The van der Waals surface area contributed by atoms with Gasteiger partial charge in [0.25, 0.3) is 11.8 Å². The zero-order chi connectivity index (χ0) is 30.7. The van der Waals surface area contributed by atoms with Crippen LogP contribution in [0.15, 0.2) is 113 Å².